The third-order valence-corrected chi connectivity index (χ3v) is 6.22. The van der Waals surface area contributed by atoms with E-state index in [0.29, 0.717) is 4.96 Å². The number of aromatic hydroxyl groups is 1. The molecule has 0 bridgehead atoms. The molecule has 4 rings (SSSR count). The van der Waals surface area contributed by atoms with Crippen LogP contribution in [-0.4, -0.2) is 72.5 Å². The van der Waals surface area contributed by atoms with E-state index in [2.05, 4.69) is 39.0 Å². The average Bonchev–Trinajstić information content (AvgIpc) is 3.22. The van der Waals surface area contributed by atoms with Crippen molar-refractivity contribution in [1.82, 2.24) is 34.2 Å². The van der Waals surface area contributed by atoms with Crippen molar-refractivity contribution in [1.29, 1.82) is 0 Å². The summed E-state index contributed by atoms with van der Waals surface area (Å²) in [6.07, 6.45) is 1.47. The van der Waals surface area contributed by atoms with E-state index in [9.17, 15) is 5.11 Å². The van der Waals surface area contributed by atoms with Crippen molar-refractivity contribution < 1.29 is 5.11 Å². The summed E-state index contributed by atoms with van der Waals surface area (Å²) in [5.74, 6) is 0.184. The van der Waals surface area contributed by atoms with Gasteiger partial charge in [-0.25, -0.2) is 4.98 Å². The van der Waals surface area contributed by atoms with Crippen LogP contribution in [0.25, 0.3) is 4.96 Å². The van der Waals surface area contributed by atoms with E-state index in [4.69, 9.17) is 0 Å². The quantitative estimate of drug-likeness (QED) is 0.755. The minimum atomic E-state index is -0.0316. The molecule has 1 atom stereocenters. The first kappa shape index (κ1) is 16.5. The molecule has 8 nitrogen and oxygen atoms in total. The van der Waals surface area contributed by atoms with Gasteiger partial charge in [-0.1, -0.05) is 11.3 Å². The van der Waals surface area contributed by atoms with Crippen LogP contribution in [0.4, 0.5) is 0 Å². The molecule has 1 aliphatic rings. The topological polar surface area (TPSA) is 74.7 Å². The highest BCUT2D eigenvalue weighted by Gasteiger charge is 2.34. The Morgan fingerprint density at radius 2 is 1.88 bits per heavy atom. The third-order valence-electron chi connectivity index (χ3n) is 5.13. The average molecular weight is 361 g/mol. The van der Waals surface area contributed by atoms with Crippen LogP contribution in [-0.2, 0) is 7.05 Å². The molecule has 1 fully saturated rings. The number of fused-ring (bicyclic) bond motifs is 1. The number of hydrogen-bond acceptors (Lipinski definition) is 7. The van der Waals surface area contributed by atoms with E-state index in [1.165, 1.54) is 27.7 Å². The van der Waals surface area contributed by atoms with Crippen LogP contribution < -0.4 is 0 Å². The molecule has 25 heavy (non-hydrogen) atoms. The molecule has 1 saturated heterocycles. The summed E-state index contributed by atoms with van der Waals surface area (Å²) in [5, 5.41) is 19.5. The molecule has 0 aliphatic carbocycles. The minimum absolute atomic E-state index is 0.0316. The van der Waals surface area contributed by atoms with E-state index in [0.717, 1.165) is 42.4 Å². The smallest absolute Gasteiger partial charge is 0.230 e. The molecule has 0 amide bonds. The molecule has 3 aromatic heterocycles. The molecule has 0 spiro atoms. The fourth-order valence-corrected chi connectivity index (χ4v) is 4.69. The molecule has 0 radical (unpaired) electrons. The number of aryl methyl sites for hydroxylation is 2. The van der Waals surface area contributed by atoms with Gasteiger partial charge in [-0.3, -0.25) is 9.58 Å². The van der Waals surface area contributed by atoms with Crippen LogP contribution in [0.3, 0.4) is 0 Å². The van der Waals surface area contributed by atoms with Gasteiger partial charge in [0.25, 0.3) is 0 Å². The number of thiazole rings is 1. The summed E-state index contributed by atoms with van der Waals surface area (Å²) in [6.45, 7) is 8.04. The van der Waals surface area contributed by atoms with Crippen molar-refractivity contribution in [2.45, 2.75) is 19.9 Å². The van der Waals surface area contributed by atoms with Crippen LogP contribution in [0.2, 0.25) is 0 Å². The molecule has 9 heteroatoms. The molecule has 1 aliphatic heterocycles. The summed E-state index contributed by atoms with van der Waals surface area (Å²) in [4.78, 5) is 10.6. The Morgan fingerprint density at radius 3 is 2.48 bits per heavy atom. The van der Waals surface area contributed by atoms with E-state index >= 15 is 0 Å². The van der Waals surface area contributed by atoms with Crippen molar-refractivity contribution in [3.63, 3.8) is 0 Å². The van der Waals surface area contributed by atoms with Gasteiger partial charge in [0, 0.05) is 44.5 Å². The van der Waals surface area contributed by atoms with Crippen molar-refractivity contribution in [2.75, 3.05) is 33.2 Å². The van der Waals surface area contributed by atoms with E-state index in [-0.39, 0.29) is 11.9 Å². The zero-order valence-electron chi connectivity index (χ0n) is 15.0. The van der Waals surface area contributed by atoms with E-state index in [1.54, 1.807) is 0 Å². The van der Waals surface area contributed by atoms with Gasteiger partial charge in [0.15, 0.2) is 0 Å². The van der Waals surface area contributed by atoms with E-state index < -0.39 is 0 Å². The lowest BCUT2D eigenvalue weighted by Crippen LogP contribution is -2.46. The molecular weight excluding hydrogens is 338 g/mol. The van der Waals surface area contributed by atoms with Crippen molar-refractivity contribution in [2.24, 2.45) is 7.05 Å². The fourth-order valence-electron chi connectivity index (χ4n) is 3.62. The highest BCUT2D eigenvalue weighted by Crippen LogP contribution is 2.41. The number of piperazine rings is 1. The first-order valence-corrected chi connectivity index (χ1v) is 9.23. The molecule has 134 valence electrons. The molecular formula is C16H23N7OS. The Labute approximate surface area is 150 Å². The molecule has 0 unspecified atom stereocenters. The highest BCUT2D eigenvalue weighted by atomic mass is 32.1. The lowest BCUT2D eigenvalue weighted by Gasteiger charge is -2.37. The van der Waals surface area contributed by atoms with Gasteiger partial charge < -0.3 is 10.0 Å². The van der Waals surface area contributed by atoms with Gasteiger partial charge in [-0.15, -0.1) is 0 Å². The SMILES string of the molecule is Cc1nn(C)c(C)c1[C@H](c1sc2ncnn2c1O)N1CCN(C)CC1. The fraction of sp³-hybridized carbons (Fsp3) is 0.562. The first-order chi connectivity index (χ1) is 12.0. The Kier molecular flexibility index (Phi) is 4.01. The van der Waals surface area contributed by atoms with Gasteiger partial charge in [0.1, 0.15) is 6.33 Å². The van der Waals surface area contributed by atoms with Gasteiger partial charge >= 0.3 is 0 Å². The summed E-state index contributed by atoms with van der Waals surface area (Å²) >= 11 is 1.50. The van der Waals surface area contributed by atoms with Gasteiger partial charge in [-0.05, 0) is 20.9 Å². The maximum Gasteiger partial charge on any atom is 0.230 e. The zero-order chi connectivity index (χ0) is 17.7. The van der Waals surface area contributed by atoms with Crippen LogP contribution in [0.5, 0.6) is 5.88 Å². The predicted octanol–water partition coefficient (Wildman–Crippen LogP) is 1.18. The number of rotatable bonds is 3. The standard InChI is InChI=1S/C16H23N7OS/c1-10-12(11(2)21(4)19-10)13(22-7-5-20(3)6-8-22)14-15(24)23-16(25-14)17-9-18-23/h9,13,24H,5-8H2,1-4H3/t13-/m1/s1. The zero-order valence-corrected chi connectivity index (χ0v) is 15.8. The molecule has 4 heterocycles. The van der Waals surface area contributed by atoms with Crippen molar-refractivity contribution in [3.8, 4) is 5.88 Å². The predicted molar refractivity (Wildman–Crippen MR) is 96.1 cm³/mol. The second-order valence-corrected chi connectivity index (χ2v) is 7.70. The lowest BCUT2D eigenvalue weighted by molar-refractivity contribution is 0.126. The number of hydrogen-bond donors (Lipinski definition) is 1. The largest absolute Gasteiger partial charge is 0.492 e. The molecule has 1 N–H and O–H groups in total. The Morgan fingerprint density at radius 1 is 1.16 bits per heavy atom. The maximum absolute atomic E-state index is 10.8. The first-order valence-electron chi connectivity index (χ1n) is 8.41. The molecule has 0 saturated carbocycles. The normalized spacial score (nSPS) is 18.2. The second kappa shape index (κ2) is 6.08. The minimum Gasteiger partial charge on any atom is -0.492 e. The molecule has 3 aromatic rings. The second-order valence-electron chi connectivity index (χ2n) is 6.69. The highest BCUT2D eigenvalue weighted by molar-refractivity contribution is 7.17. The monoisotopic (exact) mass is 361 g/mol. The van der Waals surface area contributed by atoms with Gasteiger partial charge in [0.05, 0.1) is 16.6 Å². The van der Waals surface area contributed by atoms with Gasteiger partial charge in [0.2, 0.25) is 10.8 Å². The third kappa shape index (κ3) is 2.62. The van der Waals surface area contributed by atoms with Crippen LogP contribution in [0, 0.1) is 13.8 Å². The van der Waals surface area contributed by atoms with E-state index in [1.807, 2.05) is 18.7 Å². The van der Waals surface area contributed by atoms with Crippen LogP contribution in [0.1, 0.15) is 27.9 Å². The lowest BCUT2D eigenvalue weighted by atomic mass is 10.0. The number of aromatic nitrogens is 5. The summed E-state index contributed by atoms with van der Waals surface area (Å²) in [6, 6.07) is -0.0316. The Balaban J connectivity index is 1.86. The van der Waals surface area contributed by atoms with Crippen LogP contribution >= 0.6 is 11.3 Å². The Bertz CT molecular complexity index is 903. The number of likely N-dealkylation sites (N-methyl/N-ethyl adjacent to an activating group) is 1. The molecule has 0 aromatic carbocycles. The summed E-state index contributed by atoms with van der Waals surface area (Å²) in [5.41, 5.74) is 3.30. The van der Waals surface area contributed by atoms with Crippen molar-refractivity contribution >= 4 is 16.3 Å². The van der Waals surface area contributed by atoms with Crippen LogP contribution in [0.15, 0.2) is 6.33 Å². The number of nitrogens with zero attached hydrogens (tertiary/aromatic N) is 7. The maximum atomic E-state index is 10.8. The summed E-state index contributed by atoms with van der Waals surface area (Å²) in [7, 11) is 4.11. The Hall–Kier alpha value is -1.97. The summed E-state index contributed by atoms with van der Waals surface area (Å²) < 4.78 is 3.44. The van der Waals surface area contributed by atoms with Gasteiger partial charge in [-0.2, -0.15) is 14.7 Å². The van der Waals surface area contributed by atoms with Crippen molar-refractivity contribution in [3.05, 3.63) is 28.2 Å².